The Morgan fingerprint density at radius 2 is 2.04 bits per heavy atom. The van der Waals surface area contributed by atoms with Crippen LogP contribution in [0.25, 0.3) is 0 Å². The lowest BCUT2D eigenvalue weighted by Gasteiger charge is -2.30. The van der Waals surface area contributed by atoms with Gasteiger partial charge in [0.2, 0.25) is 5.91 Å². The van der Waals surface area contributed by atoms with Crippen LogP contribution in [-0.4, -0.2) is 56.5 Å². The van der Waals surface area contributed by atoms with Crippen LogP contribution in [0.3, 0.4) is 0 Å². The summed E-state index contributed by atoms with van der Waals surface area (Å²) in [4.78, 5) is 14.3. The van der Waals surface area contributed by atoms with Gasteiger partial charge >= 0.3 is 0 Å². The molecule has 0 saturated carbocycles. The van der Waals surface area contributed by atoms with Gasteiger partial charge in [0.05, 0.1) is 18.6 Å². The van der Waals surface area contributed by atoms with E-state index < -0.39 is 15.9 Å². The summed E-state index contributed by atoms with van der Waals surface area (Å²) in [5.74, 6) is 0.912. The molecule has 0 radical (unpaired) electrons. The molecule has 1 heterocycles. The molecule has 1 aromatic rings. The Labute approximate surface area is 137 Å². The van der Waals surface area contributed by atoms with E-state index in [0.29, 0.717) is 13.0 Å². The number of hydrogen-bond acceptors (Lipinski definition) is 5. The van der Waals surface area contributed by atoms with Crippen LogP contribution < -0.4 is 10.1 Å². The van der Waals surface area contributed by atoms with Crippen LogP contribution in [0.5, 0.6) is 5.75 Å². The number of likely N-dealkylation sites (N-methyl/N-ethyl adjacent to an activating group) is 1. The monoisotopic (exact) mass is 340 g/mol. The SMILES string of the molecule is CCN(C(=O)[C@H](C)Nc1ccc(OC)cc1)[C@H]1CCS(=O)(=O)C1. The molecule has 2 rings (SSSR count). The first-order valence-corrected chi connectivity index (χ1v) is 9.60. The summed E-state index contributed by atoms with van der Waals surface area (Å²) in [5, 5.41) is 3.16. The third kappa shape index (κ3) is 4.37. The zero-order valence-corrected chi connectivity index (χ0v) is 14.6. The zero-order valence-electron chi connectivity index (χ0n) is 13.8. The molecule has 23 heavy (non-hydrogen) atoms. The molecule has 1 N–H and O–H groups in total. The average molecular weight is 340 g/mol. The van der Waals surface area contributed by atoms with Crippen molar-refractivity contribution in [1.29, 1.82) is 0 Å². The van der Waals surface area contributed by atoms with Crippen molar-refractivity contribution in [3.8, 4) is 5.75 Å². The van der Waals surface area contributed by atoms with Crippen molar-refractivity contribution in [2.45, 2.75) is 32.4 Å². The first-order valence-electron chi connectivity index (χ1n) is 7.77. The summed E-state index contributed by atoms with van der Waals surface area (Å²) in [7, 11) is -1.40. The fourth-order valence-corrected chi connectivity index (χ4v) is 4.59. The normalized spacial score (nSPS) is 20.7. The molecule has 1 fully saturated rings. The minimum atomic E-state index is -3.00. The quantitative estimate of drug-likeness (QED) is 0.850. The molecular weight excluding hydrogens is 316 g/mol. The molecule has 1 saturated heterocycles. The maximum absolute atomic E-state index is 12.6. The van der Waals surface area contributed by atoms with Gasteiger partial charge in [-0.2, -0.15) is 0 Å². The maximum Gasteiger partial charge on any atom is 0.245 e. The standard InChI is InChI=1S/C16H24N2O4S/c1-4-18(14-9-10-23(20,21)11-14)16(19)12(2)17-13-5-7-15(22-3)8-6-13/h5-8,12,14,17H,4,9-11H2,1-3H3/t12-,14-/m0/s1. The number of anilines is 1. The van der Waals surface area contributed by atoms with E-state index in [1.807, 2.05) is 31.2 Å². The van der Waals surface area contributed by atoms with E-state index in [4.69, 9.17) is 4.74 Å². The van der Waals surface area contributed by atoms with Crippen molar-refractivity contribution in [1.82, 2.24) is 4.90 Å². The minimum absolute atomic E-state index is 0.0713. The van der Waals surface area contributed by atoms with Gasteiger partial charge in [0.15, 0.2) is 9.84 Å². The number of carbonyl (C=O) groups is 1. The predicted octanol–water partition coefficient (Wildman–Crippen LogP) is 1.53. The predicted molar refractivity (Wildman–Crippen MR) is 90.5 cm³/mol. The molecule has 1 aromatic carbocycles. The van der Waals surface area contributed by atoms with Crippen molar-refractivity contribution >= 4 is 21.4 Å². The van der Waals surface area contributed by atoms with Crippen molar-refractivity contribution in [3.63, 3.8) is 0 Å². The highest BCUT2D eigenvalue weighted by atomic mass is 32.2. The number of sulfone groups is 1. The van der Waals surface area contributed by atoms with Crippen LogP contribution in [0.2, 0.25) is 0 Å². The van der Waals surface area contributed by atoms with Gasteiger partial charge in [-0.25, -0.2) is 8.42 Å². The Bertz CT molecular complexity index is 643. The molecule has 1 aliphatic heterocycles. The van der Waals surface area contributed by atoms with Crippen molar-refractivity contribution in [3.05, 3.63) is 24.3 Å². The van der Waals surface area contributed by atoms with Crippen LogP contribution in [-0.2, 0) is 14.6 Å². The second kappa shape index (κ2) is 7.21. The molecule has 128 valence electrons. The zero-order chi connectivity index (χ0) is 17.0. The average Bonchev–Trinajstić information content (AvgIpc) is 2.88. The number of amides is 1. The first-order chi connectivity index (χ1) is 10.9. The number of nitrogens with zero attached hydrogens (tertiary/aromatic N) is 1. The molecule has 1 amide bonds. The van der Waals surface area contributed by atoms with Crippen LogP contribution >= 0.6 is 0 Å². The highest BCUT2D eigenvalue weighted by Crippen LogP contribution is 2.20. The molecule has 2 atom stereocenters. The van der Waals surface area contributed by atoms with Gasteiger partial charge in [-0.1, -0.05) is 0 Å². The summed E-state index contributed by atoms with van der Waals surface area (Å²) in [5.41, 5.74) is 0.821. The Hall–Kier alpha value is -1.76. The summed E-state index contributed by atoms with van der Waals surface area (Å²) in [6.07, 6.45) is 0.525. The van der Waals surface area contributed by atoms with Gasteiger partial charge in [-0.3, -0.25) is 4.79 Å². The number of methoxy groups -OCH3 is 1. The largest absolute Gasteiger partial charge is 0.497 e. The van der Waals surface area contributed by atoms with Crippen LogP contribution in [0.1, 0.15) is 20.3 Å². The van der Waals surface area contributed by atoms with Crippen LogP contribution in [0.4, 0.5) is 5.69 Å². The number of nitrogens with one attached hydrogen (secondary N) is 1. The lowest BCUT2D eigenvalue weighted by atomic mass is 10.1. The number of rotatable bonds is 6. The lowest BCUT2D eigenvalue weighted by Crippen LogP contribution is -2.47. The van der Waals surface area contributed by atoms with E-state index in [9.17, 15) is 13.2 Å². The van der Waals surface area contributed by atoms with E-state index in [1.165, 1.54) is 0 Å². The molecule has 7 heteroatoms. The second-order valence-electron chi connectivity index (χ2n) is 5.78. The number of ether oxygens (including phenoxy) is 1. The summed E-state index contributed by atoms with van der Waals surface area (Å²) in [6, 6.07) is 6.70. The molecule has 6 nitrogen and oxygen atoms in total. The first kappa shape index (κ1) is 17.6. The van der Waals surface area contributed by atoms with Crippen molar-refractivity contribution in [2.75, 3.05) is 30.5 Å². The van der Waals surface area contributed by atoms with Crippen molar-refractivity contribution < 1.29 is 17.9 Å². The van der Waals surface area contributed by atoms with E-state index in [0.717, 1.165) is 11.4 Å². The minimum Gasteiger partial charge on any atom is -0.497 e. The smallest absolute Gasteiger partial charge is 0.245 e. The van der Waals surface area contributed by atoms with E-state index in [1.54, 1.807) is 18.9 Å². The summed E-state index contributed by atoms with van der Waals surface area (Å²) in [6.45, 7) is 4.18. The van der Waals surface area contributed by atoms with Gasteiger partial charge < -0.3 is 15.0 Å². The third-order valence-electron chi connectivity index (χ3n) is 4.12. The molecule has 0 aliphatic carbocycles. The molecule has 1 aliphatic rings. The Morgan fingerprint density at radius 3 is 2.52 bits per heavy atom. The van der Waals surface area contributed by atoms with Crippen LogP contribution in [0, 0.1) is 0 Å². The highest BCUT2D eigenvalue weighted by molar-refractivity contribution is 7.91. The van der Waals surface area contributed by atoms with Gasteiger partial charge in [-0.05, 0) is 44.5 Å². The van der Waals surface area contributed by atoms with Gasteiger partial charge in [0, 0.05) is 18.3 Å². The maximum atomic E-state index is 12.6. The van der Waals surface area contributed by atoms with E-state index in [2.05, 4.69) is 5.32 Å². The number of hydrogen-bond donors (Lipinski definition) is 1. The van der Waals surface area contributed by atoms with Crippen molar-refractivity contribution in [2.24, 2.45) is 0 Å². The molecule has 0 unspecified atom stereocenters. The third-order valence-corrected chi connectivity index (χ3v) is 5.87. The summed E-state index contributed by atoms with van der Waals surface area (Å²) < 4.78 is 28.4. The van der Waals surface area contributed by atoms with Gasteiger partial charge in [-0.15, -0.1) is 0 Å². The molecule has 0 bridgehead atoms. The van der Waals surface area contributed by atoms with Gasteiger partial charge in [0.1, 0.15) is 11.8 Å². The molecular formula is C16H24N2O4S. The topological polar surface area (TPSA) is 75.7 Å². The highest BCUT2D eigenvalue weighted by Gasteiger charge is 2.35. The fourth-order valence-electron chi connectivity index (χ4n) is 2.86. The van der Waals surface area contributed by atoms with E-state index in [-0.39, 0.29) is 23.5 Å². The number of benzene rings is 1. The van der Waals surface area contributed by atoms with Gasteiger partial charge in [0.25, 0.3) is 0 Å². The number of carbonyl (C=O) groups excluding carboxylic acids is 1. The Kier molecular flexibility index (Phi) is 5.51. The van der Waals surface area contributed by atoms with E-state index >= 15 is 0 Å². The lowest BCUT2D eigenvalue weighted by molar-refractivity contribution is -0.133. The molecule has 0 spiro atoms. The Balaban J connectivity index is 2.01. The fraction of sp³-hybridized carbons (Fsp3) is 0.562. The Morgan fingerprint density at radius 1 is 1.39 bits per heavy atom. The summed E-state index contributed by atoms with van der Waals surface area (Å²) >= 11 is 0. The molecule has 0 aromatic heterocycles. The van der Waals surface area contributed by atoms with Crippen LogP contribution in [0.15, 0.2) is 24.3 Å². The second-order valence-corrected chi connectivity index (χ2v) is 8.00.